The summed E-state index contributed by atoms with van der Waals surface area (Å²) in [7, 11) is 1.60. The molecule has 120 valence electrons. The summed E-state index contributed by atoms with van der Waals surface area (Å²) >= 11 is 3.34. The molecule has 2 aromatic heterocycles. The molecule has 2 heterocycles. The van der Waals surface area contributed by atoms with E-state index in [1.807, 2.05) is 35.8 Å². The zero-order valence-corrected chi connectivity index (χ0v) is 14.5. The van der Waals surface area contributed by atoms with Crippen molar-refractivity contribution in [2.75, 3.05) is 19.0 Å². The molecule has 0 bridgehead atoms. The minimum atomic E-state index is -0.241. The third-order valence-electron chi connectivity index (χ3n) is 3.75. The molecule has 0 fully saturated rings. The predicted octanol–water partition coefficient (Wildman–Crippen LogP) is 4.37. The smallest absolute Gasteiger partial charge is 0.147 e. The maximum absolute atomic E-state index is 14.3. The lowest BCUT2D eigenvalue weighted by molar-refractivity contribution is 0.419. The van der Waals surface area contributed by atoms with Crippen molar-refractivity contribution in [2.45, 2.75) is 13.5 Å². The summed E-state index contributed by atoms with van der Waals surface area (Å²) in [5.74, 6) is 1.23. The van der Waals surface area contributed by atoms with Crippen molar-refractivity contribution in [3.8, 4) is 5.75 Å². The molecule has 0 atom stereocenters. The average molecular weight is 378 g/mol. The van der Waals surface area contributed by atoms with Gasteiger partial charge in [-0.15, -0.1) is 0 Å². The molecule has 23 heavy (non-hydrogen) atoms. The minimum absolute atomic E-state index is 0.241. The Labute approximate surface area is 142 Å². The molecule has 3 rings (SSSR count). The van der Waals surface area contributed by atoms with E-state index in [1.54, 1.807) is 13.2 Å². The van der Waals surface area contributed by atoms with Crippen LogP contribution in [0.15, 0.2) is 41.0 Å². The van der Waals surface area contributed by atoms with Crippen molar-refractivity contribution in [1.82, 2.24) is 9.55 Å². The number of fused-ring (bicyclic) bond motifs is 1. The molecule has 0 saturated carbocycles. The van der Waals surface area contributed by atoms with Crippen LogP contribution in [0.2, 0.25) is 0 Å². The van der Waals surface area contributed by atoms with E-state index in [0.717, 1.165) is 21.5 Å². The number of pyridine rings is 1. The Balaban J connectivity index is 1.84. The number of aromatic nitrogens is 2. The number of methoxy groups -OCH3 is 1. The molecule has 0 aliphatic carbocycles. The van der Waals surface area contributed by atoms with Gasteiger partial charge in [0.25, 0.3) is 0 Å². The van der Waals surface area contributed by atoms with Crippen molar-refractivity contribution in [3.05, 3.63) is 52.5 Å². The summed E-state index contributed by atoms with van der Waals surface area (Å²) in [4.78, 5) is 4.32. The SMILES string of the molecule is COc1ccc(F)c2c1cc(C)n2CCNc1cccc(Br)n1. The van der Waals surface area contributed by atoms with E-state index >= 15 is 0 Å². The summed E-state index contributed by atoms with van der Waals surface area (Å²) in [6.45, 7) is 3.24. The number of hydrogen-bond donors (Lipinski definition) is 1. The fraction of sp³-hybridized carbons (Fsp3) is 0.235. The topological polar surface area (TPSA) is 39.1 Å². The van der Waals surface area contributed by atoms with Gasteiger partial charge in [0.15, 0.2) is 0 Å². The number of rotatable bonds is 5. The van der Waals surface area contributed by atoms with Crippen molar-refractivity contribution >= 4 is 32.7 Å². The maximum Gasteiger partial charge on any atom is 0.147 e. The molecule has 0 aliphatic heterocycles. The van der Waals surface area contributed by atoms with Gasteiger partial charge in [-0.05, 0) is 53.2 Å². The van der Waals surface area contributed by atoms with Crippen LogP contribution in [0.3, 0.4) is 0 Å². The molecule has 0 aliphatic rings. The lowest BCUT2D eigenvalue weighted by Gasteiger charge is -2.11. The Morgan fingerprint density at radius 1 is 1.30 bits per heavy atom. The van der Waals surface area contributed by atoms with Crippen LogP contribution >= 0.6 is 15.9 Å². The van der Waals surface area contributed by atoms with Crippen LogP contribution in [0.4, 0.5) is 10.2 Å². The predicted molar refractivity (Wildman–Crippen MR) is 93.6 cm³/mol. The average Bonchev–Trinajstić information content (AvgIpc) is 2.86. The molecule has 4 nitrogen and oxygen atoms in total. The number of ether oxygens (including phenoxy) is 1. The van der Waals surface area contributed by atoms with Gasteiger partial charge in [0.1, 0.15) is 22.0 Å². The first-order valence-corrected chi connectivity index (χ1v) is 8.08. The summed E-state index contributed by atoms with van der Waals surface area (Å²) in [6, 6.07) is 10.7. The molecule has 0 spiro atoms. The number of hydrogen-bond acceptors (Lipinski definition) is 3. The maximum atomic E-state index is 14.3. The third-order valence-corrected chi connectivity index (χ3v) is 4.19. The first-order chi connectivity index (χ1) is 11.1. The second-order valence-corrected chi connectivity index (χ2v) is 6.03. The van der Waals surface area contributed by atoms with E-state index in [1.165, 1.54) is 6.07 Å². The van der Waals surface area contributed by atoms with Crippen LogP contribution in [0.25, 0.3) is 10.9 Å². The quantitative estimate of drug-likeness (QED) is 0.671. The monoisotopic (exact) mass is 377 g/mol. The molecule has 0 amide bonds. The van der Waals surface area contributed by atoms with Crippen LogP contribution in [0, 0.1) is 12.7 Å². The largest absolute Gasteiger partial charge is 0.496 e. The van der Waals surface area contributed by atoms with E-state index in [9.17, 15) is 4.39 Å². The van der Waals surface area contributed by atoms with Crippen molar-refractivity contribution in [2.24, 2.45) is 0 Å². The molecule has 3 aromatic rings. The van der Waals surface area contributed by atoms with Crippen LogP contribution < -0.4 is 10.1 Å². The number of nitrogens with zero attached hydrogens (tertiary/aromatic N) is 2. The zero-order valence-electron chi connectivity index (χ0n) is 12.9. The summed E-state index contributed by atoms with van der Waals surface area (Å²) < 4.78 is 22.3. The first-order valence-electron chi connectivity index (χ1n) is 7.29. The fourth-order valence-electron chi connectivity index (χ4n) is 2.71. The van der Waals surface area contributed by atoms with Gasteiger partial charge in [-0.25, -0.2) is 9.37 Å². The Bertz CT molecular complexity index is 847. The van der Waals surface area contributed by atoms with E-state index in [-0.39, 0.29) is 5.82 Å². The van der Waals surface area contributed by atoms with Gasteiger partial charge in [0.2, 0.25) is 0 Å². The van der Waals surface area contributed by atoms with E-state index in [2.05, 4.69) is 26.2 Å². The molecule has 1 N–H and O–H groups in total. The highest BCUT2D eigenvalue weighted by molar-refractivity contribution is 9.10. The van der Waals surface area contributed by atoms with E-state index in [0.29, 0.717) is 24.4 Å². The van der Waals surface area contributed by atoms with Crippen LogP contribution in [0.5, 0.6) is 5.75 Å². The van der Waals surface area contributed by atoms with Gasteiger partial charge in [0.05, 0.1) is 12.6 Å². The van der Waals surface area contributed by atoms with Gasteiger partial charge in [0, 0.05) is 24.2 Å². The minimum Gasteiger partial charge on any atom is -0.496 e. The molecular formula is C17H17BrFN3O. The number of anilines is 1. The molecule has 6 heteroatoms. The van der Waals surface area contributed by atoms with Crippen LogP contribution in [-0.2, 0) is 6.54 Å². The fourth-order valence-corrected chi connectivity index (χ4v) is 3.05. The molecular weight excluding hydrogens is 361 g/mol. The number of aryl methyl sites for hydroxylation is 1. The lowest BCUT2D eigenvalue weighted by atomic mass is 10.2. The summed E-state index contributed by atoms with van der Waals surface area (Å²) in [5, 5.41) is 4.04. The van der Waals surface area contributed by atoms with Gasteiger partial charge >= 0.3 is 0 Å². The molecule has 0 radical (unpaired) electrons. The molecule has 0 unspecified atom stereocenters. The van der Waals surface area contributed by atoms with Crippen molar-refractivity contribution < 1.29 is 9.13 Å². The third kappa shape index (κ3) is 3.17. The standard InChI is InChI=1S/C17H17BrFN3O/c1-11-10-12-14(23-2)7-6-13(19)17(12)22(11)9-8-20-16-5-3-4-15(18)21-16/h3-7,10H,8-9H2,1-2H3,(H,20,21). The highest BCUT2D eigenvalue weighted by atomic mass is 79.9. The molecule has 1 aromatic carbocycles. The van der Waals surface area contributed by atoms with Crippen molar-refractivity contribution in [1.29, 1.82) is 0 Å². The number of benzene rings is 1. The van der Waals surface area contributed by atoms with Gasteiger partial charge < -0.3 is 14.6 Å². The van der Waals surface area contributed by atoms with Gasteiger partial charge in [-0.3, -0.25) is 0 Å². The Kier molecular flexibility index (Phi) is 4.52. The first kappa shape index (κ1) is 15.8. The second-order valence-electron chi connectivity index (χ2n) is 5.22. The zero-order chi connectivity index (χ0) is 16.4. The number of nitrogens with one attached hydrogen (secondary N) is 1. The van der Waals surface area contributed by atoms with Gasteiger partial charge in [-0.1, -0.05) is 6.07 Å². The van der Waals surface area contributed by atoms with E-state index in [4.69, 9.17) is 4.74 Å². The van der Waals surface area contributed by atoms with Crippen LogP contribution in [0.1, 0.15) is 5.69 Å². The summed E-state index contributed by atoms with van der Waals surface area (Å²) in [6.07, 6.45) is 0. The molecule has 0 saturated heterocycles. The van der Waals surface area contributed by atoms with Crippen molar-refractivity contribution in [3.63, 3.8) is 0 Å². The second kappa shape index (κ2) is 6.58. The lowest BCUT2D eigenvalue weighted by Crippen LogP contribution is -2.12. The highest BCUT2D eigenvalue weighted by Gasteiger charge is 2.14. The normalized spacial score (nSPS) is 11.0. The highest BCUT2D eigenvalue weighted by Crippen LogP contribution is 2.30. The number of halogens is 2. The Morgan fingerprint density at radius 2 is 2.13 bits per heavy atom. The van der Waals surface area contributed by atoms with E-state index < -0.39 is 0 Å². The van der Waals surface area contributed by atoms with Gasteiger partial charge in [-0.2, -0.15) is 0 Å². The Hall–Kier alpha value is -2.08. The van der Waals surface area contributed by atoms with Crippen LogP contribution in [-0.4, -0.2) is 23.2 Å². The summed E-state index contributed by atoms with van der Waals surface area (Å²) in [5.41, 5.74) is 1.57. The Morgan fingerprint density at radius 3 is 2.87 bits per heavy atom.